The summed E-state index contributed by atoms with van der Waals surface area (Å²) < 4.78 is 1.17. The minimum atomic E-state index is 0.250. The van der Waals surface area contributed by atoms with Crippen molar-refractivity contribution in [1.82, 2.24) is 5.32 Å². The first-order valence-corrected chi connectivity index (χ1v) is 8.38. The first-order valence-electron chi connectivity index (χ1n) is 7.59. The van der Waals surface area contributed by atoms with E-state index in [0.717, 1.165) is 13.0 Å². The Labute approximate surface area is 136 Å². The van der Waals surface area contributed by atoms with Gasteiger partial charge in [-0.3, -0.25) is 0 Å². The highest BCUT2D eigenvalue weighted by Crippen LogP contribution is 2.27. The van der Waals surface area contributed by atoms with Gasteiger partial charge in [-0.1, -0.05) is 64.3 Å². The van der Waals surface area contributed by atoms with Crippen molar-refractivity contribution in [2.75, 3.05) is 6.54 Å². The summed E-state index contributed by atoms with van der Waals surface area (Å²) >= 11 is 3.66. The zero-order chi connectivity index (χ0) is 15.4. The zero-order valence-corrected chi connectivity index (χ0v) is 14.9. The van der Waals surface area contributed by atoms with E-state index in [-0.39, 0.29) is 6.04 Å². The Morgan fingerprint density at radius 2 is 1.62 bits per heavy atom. The van der Waals surface area contributed by atoms with E-state index in [1.165, 1.54) is 32.3 Å². The fourth-order valence-corrected chi connectivity index (χ4v) is 3.08. The van der Waals surface area contributed by atoms with Gasteiger partial charge in [-0.15, -0.1) is 0 Å². The molecule has 0 aliphatic rings. The molecule has 0 bridgehead atoms. The van der Waals surface area contributed by atoms with Gasteiger partial charge in [-0.25, -0.2) is 0 Å². The van der Waals surface area contributed by atoms with E-state index in [0.29, 0.717) is 0 Å². The Bertz CT molecular complexity index is 599. The van der Waals surface area contributed by atoms with Gasteiger partial charge in [-0.05, 0) is 56.5 Å². The molecular formula is C19H24BrN. The van der Waals surface area contributed by atoms with Crippen LogP contribution in [-0.2, 0) is 0 Å². The van der Waals surface area contributed by atoms with Crippen LogP contribution in [0.4, 0.5) is 0 Å². The molecule has 0 heterocycles. The number of benzene rings is 2. The molecule has 1 N–H and O–H groups in total. The van der Waals surface area contributed by atoms with Gasteiger partial charge >= 0.3 is 0 Å². The zero-order valence-electron chi connectivity index (χ0n) is 13.3. The molecule has 0 saturated carbocycles. The largest absolute Gasteiger partial charge is 0.306 e. The fourth-order valence-electron chi connectivity index (χ4n) is 2.68. The molecule has 0 fully saturated rings. The SMILES string of the molecule is CCCNC(c1cc(C)cc(C)c1)c1ccc(C)c(Br)c1. The molecule has 1 nitrogen and oxygen atoms in total. The molecule has 0 amide bonds. The van der Waals surface area contributed by atoms with Crippen LogP contribution in [0.25, 0.3) is 0 Å². The number of hydrogen-bond donors (Lipinski definition) is 1. The smallest absolute Gasteiger partial charge is 0.0577 e. The van der Waals surface area contributed by atoms with E-state index in [4.69, 9.17) is 0 Å². The van der Waals surface area contributed by atoms with Crippen molar-refractivity contribution in [3.8, 4) is 0 Å². The third kappa shape index (κ3) is 4.18. The summed E-state index contributed by atoms with van der Waals surface area (Å²) in [7, 11) is 0. The van der Waals surface area contributed by atoms with Crippen molar-refractivity contribution in [3.05, 3.63) is 68.7 Å². The minimum absolute atomic E-state index is 0.250. The molecule has 1 atom stereocenters. The van der Waals surface area contributed by atoms with Gasteiger partial charge in [0.2, 0.25) is 0 Å². The summed E-state index contributed by atoms with van der Waals surface area (Å²) in [6.45, 7) is 9.68. The van der Waals surface area contributed by atoms with E-state index < -0.39 is 0 Å². The Morgan fingerprint density at radius 1 is 0.952 bits per heavy atom. The molecule has 112 valence electrons. The molecular weight excluding hydrogens is 322 g/mol. The monoisotopic (exact) mass is 345 g/mol. The molecule has 2 aromatic carbocycles. The molecule has 1 unspecified atom stereocenters. The maximum atomic E-state index is 3.68. The Morgan fingerprint density at radius 3 is 2.19 bits per heavy atom. The lowest BCUT2D eigenvalue weighted by Gasteiger charge is -2.21. The molecule has 0 radical (unpaired) electrons. The highest BCUT2D eigenvalue weighted by Gasteiger charge is 2.14. The minimum Gasteiger partial charge on any atom is -0.306 e. The van der Waals surface area contributed by atoms with Crippen LogP contribution in [0.5, 0.6) is 0 Å². The van der Waals surface area contributed by atoms with Crippen LogP contribution in [0.3, 0.4) is 0 Å². The number of nitrogens with one attached hydrogen (secondary N) is 1. The van der Waals surface area contributed by atoms with Crippen molar-refractivity contribution in [2.45, 2.75) is 40.2 Å². The van der Waals surface area contributed by atoms with Gasteiger partial charge in [0, 0.05) is 4.47 Å². The predicted molar refractivity (Wildman–Crippen MR) is 94.9 cm³/mol. The van der Waals surface area contributed by atoms with E-state index in [1.807, 2.05) is 0 Å². The average Bonchev–Trinajstić information content (AvgIpc) is 2.42. The van der Waals surface area contributed by atoms with Crippen LogP contribution in [0.1, 0.15) is 47.2 Å². The number of halogens is 1. The number of rotatable bonds is 5. The quantitative estimate of drug-likeness (QED) is 0.758. The fraction of sp³-hybridized carbons (Fsp3) is 0.368. The third-order valence-electron chi connectivity index (χ3n) is 3.71. The molecule has 0 aliphatic heterocycles. The molecule has 2 rings (SSSR count). The molecule has 0 spiro atoms. The summed E-state index contributed by atoms with van der Waals surface area (Å²) in [6.07, 6.45) is 1.13. The average molecular weight is 346 g/mol. The lowest BCUT2D eigenvalue weighted by Crippen LogP contribution is -2.23. The van der Waals surface area contributed by atoms with Gasteiger partial charge < -0.3 is 5.32 Å². The molecule has 0 aromatic heterocycles. The Kier molecular flexibility index (Phi) is 5.60. The predicted octanol–water partition coefficient (Wildman–Crippen LogP) is 5.46. The van der Waals surface area contributed by atoms with Gasteiger partial charge in [0.15, 0.2) is 0 Å². The molecule has 21 heavy (non-hydrogen) atoms. The van der Waals surface area contributed by atoms with Crippen molar-refractivity contribution < 1.29 is 0 Å². The van der Waals surface area contributed by atoms with Crippen LogP contribution < -0.4 is 5.32 Å². The molecule has 0 saturated heterocycles. The van der Waals surface area contributed by atoms with Gasteiger partial charge in [0.25, 0.3) is 0 Å². The highest BCUT2D eigenvalue weighted by atomic mass is 79.9. The third-order valence-corrected chi connectivity index (χ3v) is 4.56. The number of aryl methyl sites for hydroxylation is 3. The maximum absolute atomic E-state index is 3.68. The van der Waals surface area contributed by atoms with Gasteiger partial charge in [0.1, 0.15) is 0 Å². The van der Waals surface area contributed by atoms with Crippen LogP contribution in [0.15, 0.2) is 40.9 Å². The van der Waals surface area contributed by atoms with Crippen molar-refractivity contribution in [3.63, 3.8) is 0 Å². The Hall–Kier alpha value is -1.12. The van der Waals surface area contributed by atoms with Crippen LogP contribution in [-0.4, -0.2) is 6.54 Å². The first-order chi connectivity index (χ1) is 10.0. The van der Waals surface area contributed by atoms with Crippen molar-refractivity contribution in [2.24, 2.45) is 0 Å². The van der Waals surface area contributed by atoms with Gasteiger partial charge in [0.05, 0.1) is 6.04 Å². The lowest BCUT2D eigenvalue weighted by molar-refractivity contribution is 0.597. The Balaban J connectivity index is 2.43. The van der Waals surface area contributed by atoms with E-state index in [1.54, 1.807) is 0 Å². The molecule has 2 aromatic rings. The highest BCUT2D eigenvalue weighted by molar-refractivity contribution is 9.10. The summed E-state index contributed by atoms with van der Waals surface area (Å²) in [5.74, 6) is 0. The van der Waals surface area contributed by atoms with Crippen LogP contribution >= 0.6 is 15.9 Å². The molecule has 0 aliphatic carbocycles. The standard InChI is InChI=1S/C19H24BrN/c1-5-8-21-19(16-7-6-15(4)18(20)12-16)17-10-13(2)9-14(3)11-17/h6-7,9-12,19,21H,5,8H2,1-4H3. The second-order valence-corrected chi connectivity index (χ2v) is 6.67. The summed E-state index contributed by atoms with van der Waals surface area (Å²) in [4.78, 5) is 0. The maximum Gasteiger partial charge on any atom is 0.0577 e. The van der Waals surface area contributed by atoms with Gasteiger partial charge in [-0.2, -0.15) is 0 Å². The van der Waals surface area contributed by atoms with E-state index >= 15 is 0 Å². The topological polar surface area (TPSA) is 12.0 Å². The number of hydrogen-bond acceptors (Lipinski definition) is 1. The second-order valence-electron chi connectivity index (χ2n) is 5.82. The van der Waals surface area contributed by atoms with E-state index in [9.17, 15) is 0 Å². The van der Waals surface area contributed by atoms with E-state index in [2.05, 4.69) is 85.3 Å². The summed E-state index contributed by atoms with van der Waals surface area (Å²) in [6, 6.07) is 13.7. The summed E-state index contributed by atoms with van der Waals surface area (Å²) in [5.41, 5.74) is 6.56. The molecule has 2 heteroatoms. The lowest BCUT2D eigenvalue weighted by atomic mass is 9.95. The van der Waals surface area contributed by atoms with Crippen LogP contribution in [0.2, 0.25) is 0 Å². The van der Waals surface area contributed by atoms with Crippen molar-refractivity contribution in [1.29, 1.82) is 0 Å². The normalized spacial score (nSPS) is 12.4. The summed E-state index contributed by atoms with van der Waals surface area (Å²) in [5, 5.41) is 3.68. The van der Waals surface area contributed by atoms with Crippen molar-refractivity contribution >= 4 is 15.9 Å². The first kappa shape index (κ1) is 16.3. The van der Waals surface area contributed by atoms with Crippen LogP contribution in [0, 0.1) is 20.8 Å². The second kappa shape index (κ2) is 7.24.